The van der Waals surface area contributed by atoms with Crippen LogP contribution in [-0.4, -0.2) is 12.2 Å². The highest BCUT2D eigenvalue weighted by Crippen LogP contribution is 2.31. The Morgan fingerprint density at radius 2 is 2.40 bits per heavy atom. The quantitative estimate of drug-likeness (QED) is 0.546. The molecule has 0 amide bonds. The number of para-hydroxylation sites is 1. The SMILES string of the molecule is CC(=O)Oc1ccccc1C1C[C]=NO1. The zero-order valence-electron chi connectivity index (χ0n) is 8.27. The lowest BCUT2D eigenvalue weighted by atomic mass is 10.1. The van der Waals surface area contributed by atoms with Crippen molar-refractivity contribution in [3.63, 3.8) is 0 Å². The van der Waals surface area contributed by atoms with Gasteiger partial charge in [-0.05, 0) is 6.07 Å². The van der Waals surface area contributed by atoms with E-state index >= 15 is 0 Å². The van der Waals surface area contributed by atoms with Crippen molar-refractivity contribution in [3.8, 4) is 5.75 Å². The summed E-state index contributed by atoms with van der Waals surface area (Å²) in [6.07, 6.45) is 3.10. The number of carbonyl (C=O) groups excluding carboxylic acids is 1. The fourth-order valence-corrected chi connectivity index (χ4v) is 1.42. The molecule has 1 aromatic carbocycles. The minimum absolute atomic E-state index is 0.194. The van der Waals surface area contributed by atoms with Gasteiger partial charge >= 0.3 is 5.97 Å². The van der Waals surface area contributed by atoms with Crippen molar-refractivity contribution in [1.82, 2.24) is 0 Å². The van der Waals surface area contributed by atoms with Gasteiger partial charge in [-0.3, -0.25) is 4.79 Å². The molecule has 0 saturated heterocycles. The van der Waals surface area contributed by atoms with Crippen LogP contribution in [0.5, 0.6) is 5.75 Å². The second-order valence-electron chi connectivity index (χ2n) is 3.18. The van der Waals surface area contributed by atoms with Gasteiger partial charge < -0.3 is 9.57 Å². The van der Waals surface area contributed by atoms with E-state index in [4.69, 9.17) is 9.57 Å². The Labute approximate surface area is 87.5 Å². The van der Waals surface area contributed by atoms with E-state index in [1.165, 1.54) is 6.92 Å². The molecular weight excluding hydrogens is 194 g/mol. The number of benzene rings is 1. The molecule has 77 valence electrons. The summed E-state index contributed by atoms with van der Waals surface area (Å²) in [5, 5.41) is 3.57. The largest absolute Gasteiger partial charge is 0.426 e. The second kappa shape index (κ2) is 4.13. The number of hydrogen-bond acceptors (Lipinski definition) is 4. The highest BCUT2D eigenvalue weighted by Gasteiger charge is 2.21. The van der Waals surface area contributed by atoms with Gasteiger partial charge in [-0.25, -0.2) is 0 Å². The van der Waals surface area contributed by atoms with Crippen molar-refractivity contribution in [2.45, 2.75) is 19.4 Å². The molecule has 1 radical (unpaired) electrons. The van der Waals surface area contributed by atoms with Gasteiger partial charge in [0.2, 0.25) is 0 Å². The number of rotatable bonds is 2. The van der Waals surface area contributed by atoms with Gasteiger partial charge in [-0.2, -0.15) is 0 Å². The van der Waals surface area contributed by atoms with Crippen LogP contribution < -0.4 is 4.74 Å². The van der Waals surface area contributed by atoms with E-state index in [2.05, 4.69) is 11.4 Å². The summed E-state index contributed by atoms with van der Waals surface area (Å²) in [5.41, 5.74) is 0.821. The van der Waals surface area contributed by atoms with Crippen molar-refractivity contribution in [2.24, 2.45) is 5.16 Å². The Hall–Kier alpha value is -1.84. The lowest BCUT2D eigenvalue weighted by Gasteiger charge is -2.12. The normalized spacial score (nSPS) is 18.6. The van der Waals surface area contributed by atoms with Crippen LogP contribution in [0.25, 0.3) is 0 Å². The van der Waals surface area contributed by atoms with E-state index in [0.717, 1.165) is 5.56 Å². The van der Waals surface area contributed by atoms with Gasteiger partial charge in [0.1, 0.15) is 12.0 Å². The summed E-state index contributed by atoms with van der Waals surface area (Å²) >= 11 is 0. The molecule has 0 fully saturated rings. The van der Waals surface area contributed by atoms with Crippen LogP contribution in [0.3, 0.4) is 0 Å². The minimum Gasteiger partial charge on any atom is -0.426 e. The first-order valence-electron chi connectivity index (χ1n) is 4.63. The monoisotopic (exact) mass is 204 g/mol. The third-order valence-corrected chi connectivity index (χ3v) is 2.04. The van der Waals surface area contributed by atoms with Gasteiger partial charge in [-0.15, -0.1) is 0 Å². The van der Waals surface area contributed by atoms with E-state index in [0.29, 0.717) is 12.2 Å². The minimum atomic E-state index is -0.342. The molecule has 15 heavy (non-hydrogen) atoms. The Kier molecular flexibility index (Phi) is 2.67. The standard InChI is InChI=1S/C11H10NO3/c1-8(13)14-10-5-3-2-4-9(10)11-6-7-12-15-11/h2-5,11H,6H2,1H3. The van der Waals surface area contributed by atoms with Crippen LogP contribution in [0.15, 0.2) is 29.4 Å². The molecule has 0 aliphatic carbocycles. The molecule has 0 bridgehead atoms. The van der Waals surface area contributed by atoms with E-state index in [1.807, 2.05) is 12.1 Å². The van der Waals surface area contributed by atoms with Crippen LogP contribution >= 0.6 is 0 Å². The summed E-state index contributed by atoms with van der Waals surface area (Å²) < 4.78 is 5.07. The molecule has 1 aromatic rings. The van der Waals surface area contributed by atoms with Crippen molar-refractivity contribution < 1.29 is 14.4 Å². The van der Waals surface area contributed by atoms with Crippen LogP contribution in [0.4, 0.5) is 0 Å². The number of esters is 1. The molecule has 1 atom stereocenters. The van der Waals surface area contributed by atoms with Crippen LogP contribution in [0, 0.1) is 0 Å². The highest BCUT2D eigenvalue weighted by molar-refractivity contribution is 5.70. The Balaban J connectivity index is 2.25. The molecule has 1 unspecified atom stereocenters. The Morgan fingerprint density at radius 3 is 3.07 bits per heavy atom. The average molecular weight is 204 g/mol. The lowest BCUT2D eigenvalue weighted by Crippen LogP contribution is -2.06. The van der Waals surface area contributed by atoms with Crippen molar-refractivity contribution >= 4 is 12.2 Å². The van der Waals surface area contributed by atoms with E-state index < -0.39 is 0 Å². The molecular formula is C11H10NO3. The van der Waals surface area contributed by atoms with E-state index in [9.17, 15) is 4.79 Å². The van der Waals surface area contributed by atoms with Crippen molar-refractivity contribution in [3.05, 3.63) is 29.8 Å². The molecule has 0 saturated carbocycles. The smallest absolute Gasteiger partial charge is 0.308 e. The van der Waals surface area contributed by atoms with E-state index in [1.54, 1.807) is 12.1 Å². The lowest BCUT2D eigenvalue weighted by molar-refractivity contribution is -0.132. The van der Waals surface area contributed by atoms with E-state index in [-0.39, 0.29) is 12.1 Å². The molecule has 0 spiro atoms. The summed E-state index contributed by atoms with van der Waals surface area (Å²) in [6, 6.07) is 7.26. The van der Waals surface area contributed by atoms with Gasteiger partial charge in [0.25, 0.3) is 0 Å². The van der Waals surface area contributed by atoms with Crippen LogP contribution in [0.2, 0.25) is 0 Å². The average Bonchev–Trinajstić information content (AvgIpc) is 2.70. The van der Waals surface area contributed by atoms with Crippen molar-refractivity contribution in [2.75, 3.05) is 0 Å². The third-order valence-electron chi connectivity index (χ3n) is 2.04. The number of carbonyl (C=O) groups is 1. The zero-order valence-corrected chi connectivity index (χ0v) is 8.27. The molecule has 1 aliphatic rings. The predicted octanol–water partition coefficient (Wildman–Crippen LogP) is 1.94. The molecule has 1 heterocycles. The maximum atomic E-state index is 10.9. The first-order chi connectivity index (χ1) is 7.27. The summed E-state index contributed by atoms with van der Waals surface area (Å²) in [5.74, 6) is 0.180. The topological polar surface area (TPSA) is 47.9 Å². The summed E-state index contributed by atoms with van der Waals surface area (Å²) in [4.78, 5) is 16.0. The molecule has 2 rings (SSSR count). The number of ether oxygens (including phenoxy) is 1. The third kappa shape index (κ3) is 2.15. The molecule has 4 nitrogen and oxygen atoms in total. The fraction of sp³-hybridized carbons (Fsp3) is 0.273. The fourth-order valence-electron chi connectivity index (χ4n) is 1.42. The first kappa shape index (κ1) is 9.71. The molecule has 0 N–H and O–H groups in total. The molecule has 4 heteroatoms. The highest BCUT2D eigenvalue weighted by atomic mass is 16.6. The van der Waals surface area contributed by atoms with Crippen LogP contribution in [0.1, 0.15) is 25.0 Å². The van der Waals surface area contributed by atoms with Crippen molar-refractivity contribution in [1.29, 1.82) is 0 Å². The number of nitrogens with zero attached hydrogens (tertiary/aromatic N) is 1. The molecule has 0 aromatic heterocycles. The second-order valence-corrected chi connectivity index (χ2v) is 3.18. The maximum Gasteiger partial charge on any atom is 0.308 e. The van der Waals surface area contributed by atoms with Gasteiger partial charge in [0.15, 0.2) is 6.10 Å². The summed E-state index contributed by atoms with van der Waals surface area (Å²) in [6.45, 7) is 1.37. The number of hydrogen-bond donors (Lipinski definition) is 0. The Morgan fingerprint density at radius 1 is 1.60 bits per heavy atom. The van der Waals surface area contributed by atoms with Gasteiger partial charge in [-0.1, -0.05) is 23.4 Å². The van der Waals surface area contributed by atoms with Crippen LogP contribution in [-0.2, 0) is 9.63 Å². The molecule has 1 aliphatic heterocycles. The van der Waals surface area contributed by atoms with Gasteiger partial charge in [0.05, 0.1) is 0 Å². The summed E-state index contributed by atoms with van der Waals surface area (Å²) in [7, 11) is 0. The van der Waals surface area contributed by atoms with Gasteiger partial charge in [0, 0.05) is 18.9 Å². The Bertz CT molecular complexity index is 393. The predicted molar refractivity (Wildman–Crippen MR) is 53.6 cm³/mol. The first-order valence-corrected chi connectivity index (χ1v) is 4.63. The zero-order chi connectivity index (χ0) is 10.7. The maximum absolute atomic E-state index is 10.9.